The zero-order valence-corrected chi connectivity index (χ0v) is 14.8. The standard InChI is InChI=1S/C14H22BrNO4S/c1-3-21(17,18)8-4-7-20-14-12(15)9-11(5-6-16)10-13(14)19-2/h9-10H,3-8,16H2,1-2H3. The normalized spacial score (nSPS) is 11.4. The second-order valence-electron chi connectivity index (χ2n) is 4.59. The number of rotatable bonds is 9. The molecule has 0 atom stereocenters. The molecule has 0 saturated carbocycles. The number of ether oxygens (including phenoxy) is 2. The van der Waals surface area contributed by atoms with Crippen molar-refractivity contribution in [3.63, 3.8) is 0 Å². The van der Waals surface area contributed by atoms with Crippen LogP contribution in [0.1, 0.15) is 18.9 Å². The number of halogens is 1. The molecule has 0 aliphatic rings. The summed E-state index contributed by atoms with van der Waals surface area (Å²) in [4.78, 5) is 0. The SMILES string of the molecule is CCS(=O)(=O)CCCOc1c(Br)cc(CCN)cc1OC. The summed E-state index contributed by atoms with van der Waals surface area (Å²) in [5.74, 6) is 1.50. The molecule has 1 aromatic rings. The van der Waals surface area contributed by atoms with Gasteiger partial charge in [-0.25, -0.2) is 8.42 Å². The quantitative estimate of drug-likeness (QED) is 0.665. The molecule has 120 valence electrons. The third-order valence-electron chi connectivity index (χ3n) is 3.01. The van der Waals surface area contributed by atoms with Crippen LogP contribution in [0.2, 0.25) is 0 Å². The molecule has 2 N–H and O–H groups in total. The molecule has 1 aromatic carbocycles. The lowest BCUT2D eigenvalue weighted by atomic mass is 10.1. The van der Waals surface area contributed by atoms with Crippen molar-refractivity contribution in [3.8, 4) is 11.5 Å². The van der Waals surface area contributed by atoms with E-state index >= 15 is 0 Å². The van der Waals surface area contributed by atoms with Crippen LogP contribution in [0.25, 0.3) is 0 Å². The van der Waals surface area contributed by atoms with Gasteiger partial charge in [-0.2, -0.15) is 0 Å². The molecule has 21 heavy (non-hydrogen) atoms. The first kappa shape index (κ1) is 18.3. The first-order valence-electron chi connectivity index (χ1n) is 6.83. The highest BCUT2D eigenvalue weighted by Crippen LogP contribution is 2.36. The third kappa shape index (κ3) is 5.84. The molecule has 0 fully saturated rings. The Balaban J connectivity index is 2.70. The highest BCUT2D eigenvalue weighted by Gasteiger charge is 2.12. The fourth-order valence-corrected chi connectivity index (χ4v) is 3.27. The van der Waals surface area contributed by atoms with Crippen LogP contribution in [0.15, 0.2) is 16.6 Å². The van der Waals surface area contributed by atoms with Gasteiger partial charge in [0, 0.05) is 5.75 Å². The van der Waals surface area contributed by atoms with Crippen molar-refractivity contribution in [1.82, 2.24) is 0 Å². The van der Waals surface area contributed by atoms with Gasteiger partial charge in [0.25, 0.3) is 0 Å². The van der Waals surface area contributed by atoms with Crippen molar-refractivity contribution in [2.45, 2.75) is 19.8 Å². The Hall–Kier alpha value is -0.790. The molecule has 0 aliphatic heterocycles. The average molecular weight is 380 g/mol. The van der Waals surface area contributed by atoms with E-state index in [0.29, 0.717) is 31.1 Å². The molecular weight excluding hydrogens is 358 g/mol. The Bertz CT molecular complexity index is 560. The first-order valence-corrected chi connectivity index (χ1v) is 9.44. The summed E-state index contributed by atoms with van der Waals surface area (Å²) in [6.45, 7) is 2.53. The Labute approximate surface area is 134 Å². The molecule has 1 rings (SSSR count). The summed E-state index contributed by atoms with van der Waals surface area (Å²) in [5, 5.41) is 0. The maximum absolute atomic E-state index is 11.4. The van der Waals surface area contributed by atoms with Crippen molar-refractivity contribution in [2.24, 2.45) is 5.73 Å². The maximum atomic E-state index is 11.4. The van der Waals surface area contributed by atoms with Crippen LogP contribution in [-0.2, 0) is 16.3 Å². The molecule has 0 amide bonds. The zero-order chi connectivity index (χ0) is 15.9. The van der Waals surface area contributed by atoms with Gasteiger partial charge in [-0.1, -0.05) is 6.92 Å². The van der Waals surface area contributed by atoms with Crippen LogP contribution < -0.4 is 15.2 Å². The third-order valence-corrected chi connectivity index (χ3v) is 5.39. The minimum absolute atomic E-state index is 0.134. The van der Waals surface area contributed by atoms with Gasteiger partial charge in [0.15, 0.2) is 11.5 Å². The number of methoxy groups -OCH3 is 1. The van der Waals surface area contributed by atoms with E-state index in [0.717, 1.165) is 16.5 Å². The molecule has 0 aromatic heterocycles. The molecule has 5 nitrogen and oxygen atoms in total. The van der Waals surface area contributed by atoms with E-state index in [4.69, 9.17) is 15.2 Å². The van der Waals surface area contributed by atoms with Crippen molar-refractivity contribution >= 4 is 25.8 Å². The average Bonchev–Trinajstić information content (AvgIpc) is 2.45. The van der Waals surface area contributed by atoms with E-state index in [9.17, 15) is 8.42 Å². The van der Waals surface area contributed by atoms with Crippen molar-refractivity contribution in [1.29, 1.82) is 0 Å². The summed E-state index contributed by atoms with van der Waals surface area (Å²) < 4.78 is 34.6. The molecular formula is C14H22BrNO4S. The Kier molecular flexibility index (Phi) is 7.48. The van der Waals surface area contributed by atoms with E-state index in [1.165, 1.54) is 0 Å². The van der Waals surface area contributed by atoms with E-state index in [1.807, 2.05) is 12.1 Å². The highest BCUT2D eigenvalue weighted by molar-refractivity contribution is 9.10. The minimum atomic E-state index is -2.95. The highest BCUT2D eigenvalue weighted by atomic mass is 79.9. The van der Waals surface area contributed by atoms with Gasteiger partial charge in [0.1, 0.15) is 9.84 Å². The number of benzene rings is 1. The maximum Gasteiger partial charge on any atom is 0.175 e. The van der Waals surface area contributed by atoms with Crippen LogP contribution in [-0.4, -0.2) is 40.2 Å². The molecule has 0 aliphatic carbocycles. The molecule has 7 heteroatoms. The van der Waals surface area contributed by atoms with Gasteiger partial charge in [-0.15, -0.1) is 0 Å². The smallest absolute Gasteiger partial charge is 0.175 e. The number of hydrogen-bond donors (Lipinski definition) is 1. The predicted molar refractivity (Wildman–Crippen MR) is 87.9 cm³/mol. The lowest BCUT2D eigenvalue weighted by molar-refractivity contribution is 0.292. The van der Waals surface area contributed by atoms with Gasteiger partial charge in [0.2, 0.25) is 0 Å². The van der Waals surface area contributed by atoms with Crippen LogP contribution in [0.3, 0.4) is 0 Å². The van der Waals surface area contributed by atoms with Gasteiger partial charge in [0.05, 0.1) is 23.9 Å². The van der Waals surface area contributed by atoms with Crippen LogP contribution in [0.4, 0.5) is 0 Å². The van der Waals surface area contributed by atoms with Gasteiger partial charge >= 0.3 is 0 Å². The summed E-state index contributed by atoms with van der Waals surface area (Å²) in [6, 6.07) is 3.82. The van der Waals surface area contributed by atoms with Crippen LogP contribution in [0.5, 0.6) is 11.5 Å². The number of nitrogens with two attached hydrogens (primary N) is 1. The largest absolute Gasteiger partial charge is 0.493 e. The van der Waals surface area contributed by atoms with Crippen molar-refractivity contribution in [2.75, 3.05) is 31.8 Å². The van der Waals surface area contributed by atoms with E-state index in [1.54, 1.807) is 14.0 Å². The first-order chi connectivity index (χ1) is 9.93. The van der Waals surface area contributed by atoms with Crippen molar-refractivity contribution in [3.05, 3.63) is 22.2 Å². The Morgan fingerprint density at radius 1 is 1.33 bits per heavy atom. The van der Waals surface area contributed by atoms with Crippen LogP contribution in [0, 0.1) is 0 Å². The summed E-state index contributed by atoms with van der Waals surface area (Å²) in [6.07, 6.45) is 1.21. The second kappa shape index (κ2) is 8.60. The molecule has 0 radical (unpaired) electrons. The molecule has 0 heterocycles. The van der Waals surface area contributed by atoms with E-state index in [-0.39, 0.29) is 11.5 Å². The lowest BCUT2D eigenvalue weighted by Crippen LogP contribution is -2.12. The summed E-state index contributed by atoms with van der Waals surface area (Å²) >= 11 is 3.45. The number of sulfone groups is 1. The van der Waals surface area contributed by atoms with Gasteiger partial charge in [-0.05, 0) is 53.0 Å². The fourth-order valence-electron chi connectivity index (χ4n) is 1.82. The van der Waals surface area contributed by atoms with E-state index in [2.05, 4.69) is 15.9 Å². The minimum Gasteiger partial charge on any atom is -0.493 e. The van der Waals surface area contributed by atoms with Gasteiger partial charge in [-0.3, -0.25) is 0 Å². The predicted octanol–water partition coefficient (Wildman–Crippen LogP) is 2.16. The molecule has 0 saturated heterocycles. The van der Waals surface area contributed by atoms with E-state index < -0.39 is 9.84 Å². The second-order valence-corrected chi connectivity index (χ2v) is 7.91. The molecule has 0 spiro atoms. The monoisotopic (exact) mass is 379 g/mol. The fraction of sp³-hybridized carbons (Fsp3) is 0.571. The summed E-state index contributed by atoms with van der Waals surface area (Å²) in [7, 11) is -1.38. The lowest BCUT2D eigenvalue weighted by Gasteiger charge is -2.14. The zero-order valence-electron chi connectivity index (χ0n) is 12.4. The Morgan fingerprint density at radius 2 is 2.05 bits per heavy atom. The topological polar surface area (TPSA) is 78.6 Å². The van der Waals surface area contributed by atoms with Crippen LogP contribution >= 0.6 is 15.9 Å². The summed E-state index contributed by atoms with van der Waals surface area (Å²) in [5.41, 5.74) is 6.61. The Morgan fingerprint density at radius 3 is 2.62 bits per heavy atom. The molecule has 0 unspecified atom stereocenters. The molecule has 0 bridgehead atoms. The van der Waals surface area contributed by atoms with Crippen molar-refractivity contribution < 1.29 is 17.9 Å². The van der Waals surface area contributed by atoms with Gasteiger partial charge < -0.3 is 15.2 Å². The number of hydrogen-bond acceptors (Lipinski definition) is 5.